The lowest BCUT2D eigenvalue weighted by molar-refractivity contribution is -0.116. The summed E-state index contributed by atoms with van der Waals surface area (Å²) in [5, 5.41) is 5.43. The number of para-hydroxylation sites is 1. The zero-order chi connectivity index (χ0) is 19.2. The quantitative estimate of drug-likeness (QED) is 0.643. The van der Waals surface area contributed by atoms with Crippen molar-refractivity contribution in [2.45, 2.75) is 12.8 Å². The van der Waals surface area contributed by atoms with Crippen LogP contribution in [-0.2, 0) is 16.0 Å². The molecule has 3 rings (SSSR count). The van der Waals surface area contributed by atoms with E-state index in [9.17, 15) is 14.0 Å². The highest BCUT2D eigenvalue weighted by molar-refractivity contribution is 7.09. The van der Waals surface area contributed by atoms with Crippen molar-refractivity contribution in [3.63, 3.8) is 0 Å². The first-order chi connectivity index (χ1) is 13.1. The maximum Gasteiger partial charge on any atom is 0.339 e. The molecule has 7 heteroatoms. The third kappa shape index (κ3) is 4.77. The fourth-order valence-corrected chi connectivity index (χ4v) is 3.30. The Morgan fingerprint density at radius 1 is 1.15 bits per heavy atom. The van der Waals surface area contributed by atoms with E-state index in [0.717, 1.165) is 16.3 Å². The number of esters is 1. The summed E-state index contributed by atoms with van der Waals surface area (Å²) in [5.41, 5.74) is 2.31. The molecule has 1 aromatic heterocycles. The summed E-state index contributed by atoms with van der Waals surface area (Å²) < 4.78 is 17.7. The molecule has 138 valence electrons. The van der Waals surface area contributed by atoms with Crippen LogP contribution in [-0.4, -0.2) is 24.0 Å². The van der Waals surface area contributed by atoms with Gasteiger partial charge in [0.25, 0.3) is 0 Å². The van der Waals surface area contributed by atoms with Gasteiger partial charge in [-0.3, -0.25) is 4.79 Å². The van der Waals surface area contributed by atoms with Crippen molar-refractivity contribution in [3.05, 3.63) is 70.3 Å². The van der Waals surface area contributed by atoms with Crippen molar-refractivity contribution in [1.82, 2.24) is 4.98 Å². The Balaban J connectivity index is 1.60. The molecule has 0 saturated heterocycles. The van der Waals surface area contributed by atoms with Crippen LogP contribution in [0, 0.1) is 5.82 Å². The molecule has 0 spiro atoms. The van der Waals surface area contributed by atoms with Gasteiger partial charge in [0.15, 0.2) is 0 Å². The number of benzene rings is 2. The minimum atomic E-state index is -0.505. The van der Waals surface area contributed by atoms with E-state index in [-0.39, 0.29) is 18.1 Å². The van der Waals surface area contributed by atoms with E-state index in [1.807, 2.05) is 5.38 Å². The number of rotatable bonds is 6. The zero-order valence-corrected chi connectivity index (χ0v) is 15.4. The van der Waals surface area contributed by atoms with Gasteiger partial charge in [0, 0.05) is 23.8 Å². The average Bonchev–Trinajstić information content (AvgIpc) is 3.16. The number of hydrogen-bond donors (Lipinski definition) is 1. The van der Waals surface area contributed by atoms with Gasteiger partial charge in [-0.1, -0.05) is 12.1 Å². The van der Waals surface area contributed by atoms with Gasteiger partial charge in [0.1, 0.15) is 5.82 Å². The maximum atomic E-state index is 13.0. The second kappa shape index (κ2) is 8.55. The summed E-state index contributed by atoms with van der Waals surface area (Å²) in [5.74, 6) is -1.02. The van der Waals surface area contributed by atoms with Crippen LogP contribution in [0.3, 0.4) is 0 Å². The van der Waals surface area contributed by atoms with E-state index >= 15 is 0 Å². The summed E-state index contributed by atoms with van der Waals surface area (Å²) >= 11 is 1.45. The molecular formula is C20H17FN2O3S. The van der Waals surface area contributed by atoms with Crippen molar-refractivity contribution < 1.29 is 18.7 Å². The molecule has 1 N–H and O–H groups in total. The van der Waals surface area contributed by atoms with Crippen LogP contribution in [0.2, 0.25) is 0 Å². The van der Waals surface area contributed by atoms with E-state index in [0.29, 0.717) is 17.7 Å². The number of ether oxygens (including phenoxy) is 1. The summed E-state index contributed by atoms with van der Waals surface area (Å²) in [6, 6.07) is 12.8. The average molecular weight is 384 g/mol. The first-order valence-electron chi connectivity index (χ1n) is 8.24. The zero-order valence-electron chi connectivity index (χ0n) is 14.6. The number of methoxy groups -OCH3 is 1. The highest BCUT2D eigenvalue weighted by atomic mass is 32.1. The SMILES string of the molecule is COC(=O)c1ccccc1NC(=O)CCc1nc(-c2ccc(F)cc2)cs1. The van der Waals surface area contributed by atoms with Crippen LogP contribution in [0.4, 0.5) is 10.1 Å². The number of anilines is 1. The van der Waals surface area contributed by atoms with Crippen molar-refractivity contribution in [2.75, 3.05) is 12.4 Å². The second-order valence-electron chi connectivity index (χ2n) is 5.72. The van der Waals surface area contributed by atoms with Crippen LogP contribution in [0.5, 0.6) is 0 Å². The van der Waals surface area contributed by atoms with Crippen LogP contribution in [0.15, 0.2) is 53.9 Å². The minimum absolute atomic E-state index is 0.218. The molecule has 0 unspecified atom stereocenters. The molecule has 0 aliphatic carbocycles. The van der Waals surface area contributed by atoms with Gasteiger partial charge in [-0.2, -0.15) is 0 Å². The standard InChI is InChI=1S/C20H17FN2O3S/c1-26-20(25)15-4-2-3-5-16(15)22-18(24)10-11-19-23-17(12-27-19)13-6-8-14(21)9-7-13/h2-9,12H,10-11H2,1H3,(H,22,24). The third-order valence-corrected chi connectivity index (χ3v) is 4.77. The maximum absolute atomic E-state index is 13.0. The molecule has 2 aromatic carbocycles. The molecule has 0 aliphatic rings. The van der Waals surface area contributed by atoms with E-state index in [4.69, 9.17) is 4.74 Å². The normalized spacial score (nSPS) is 10.4. The largest absolute Gasteiger partial charge is 0.465 e. The van der Waals surface area contributed by atoms with E-state index < -0.39 is 5.97 Å². The van der Waals surface area contributed by atoms with E-state index in [1.165, 1.54) is 30.6 Å². The van der Waals surface area contributed by atoms with E-state index in [2.05, 4.69) is 10.3 Å². The summed E-state index contributed by atoms with van der Waals surface area (Å²) in [7, 11) is 1.29. The Labute approximate surface area is 159 Å². The first-order valence-corrected chi connectivity index (χ1v) is 9.12. The summed E-state index contributed by atoms with van der Waals surface area (Å²) in [4.78, 5) is 28.5. The van der Waals surface area contributed by atoms with Gasteiger partial charge >= 0.3 is 5.97 Å². The number of carbonyl (C=O) groups is 2. The van der Waals surface area contributed by atoms with Gasteiger partial charge in [-0.15, -0.1) is 11.3 Å². The molecule has 0 aliphatic heterocycles. The lowest BCUT2D eigenvalue weighted by atomic mass is 10.1. The number of thiazole rings is 1. The molecule has 1 heterocycles. The highest BCUT2D eigenvalue weighted by Crippen LogP contribution is 2.23. The lowest BCUT2D eigenvalue weighted by Gasteiger charge is -2.09. The van der Waals surface area contributed by atoms with Crippen LogP contribution in [0.1, 0.15) is 21.8 Å². The van der Waals surface area contributed by atoms with Crippen LogP contribution in [0.25, 0.3) is 11.3 Å². The molecule has 0 fully saturated rings. The number of aryl methyl sites for hydroxylation is 1. The van der Waals surface area contributed by atoms with Crippen molar-refractivity contribution in [3.8, 4) is 11.3 Å². The summed E-state index contributed by atoms with van der Waals surface area (Å²) in [6.07, 6.45) is 0.698. The molecule has 0 saturated carbocycles. The Hall–Kier alpha value is -3.06. The van der Waals surface area contributed by atoms with E-state index in [1.54, 1.807) is 36.4 Å². The van der Waals surface area contributed by atoms with Gasteiger partial charge in [0.05, 0.1) is 29.1 Å². The van der Waals surface area contributed by atoms with Crippen LogP contribution >= 0.6 is 11.3 Å². The third-order valence-electron chi connectivity index (χ3n) is 3.86. The van der Waals surface area contributed by atoms with Gasteiger partial charge in [0.2, 0.25) is 5.91 Å². The molecule has 0 bridgehead atoms. The molecule has 0 radical (unpaired) electrons. The predicted molar refractivity (Wildman–Crippen MR) is 102 cm³/mol. The van der Waals surface area contributed by atoms with Crippen molar-refractivity contribution in [1.29, 1.82) is 0 Å². The Morgan fingerprint density at radius 3 is 2.63 bits per heavy atom. The lowest BCUT2D eigenvalue weighted by Crippen LogP contribution is -2.15. The summed E-state index contributed by atoms with van der Waals surface area (Å²) in [6.45, 7) is 0. The Bertz CT molecular complexity index is 954. The van der Waals surface area contributed by atoms with Gasteiger partial charge in [-0.05, 0) is 36.4 Å². The molecule has 0 atom stereocenters. The number of hydrogen-bond acceptors (Lipinski definition) is 5. The predicted octanol–water partition coefficient (Wildman–Crippen LogP) is 4.31. The molecule has 1 amide bonds. The molecule has 27 heavy (non-hydrogen) atoms. The monoisotopic (exact) mass is 384 g/mol. The molecular weight excluding hydrogens is 367 g/mol. The Kier molecular flexibility index (Phi) is 5.93. The highest BCUT2D eigenvalue weighted by Gasteiger charge is 2.14. The fraction of sp³-hybridized carbons (Fsp3) is 0.150. The number of nitrogens with one attached hydrogen (secondary N) is 1. The van der Waals surface area contributed by atoms with Gasteiger partial charge in [-0.25, -0.2) is 14.2 Å². The second-order valence-corrected chi connectivity index (χ2v) is 6.66. The van der Waals surface area contributed by atoms with Crippen LogP contribution < -0.4 is 5.32 Å². The number of amides is 1. The molecule has 3 aromatic rings. The number of nitrogens with zero attached hydrogens (tertiary/aromatic N) is 1. The number of halogens is 1. The minimum Gasteiger partial charge on any atom is -0.465 e. The topological polar surface area (TPSA) is 68.3 Å². The van der Waals surface area contributed by atoms with Gasteiger partial charge < -0.3 is 10.1 Å². The molecule has 5 nitrogen and oxygen atoms in total. The Morgan fingerprint density at radius 2 is 1.89 bits per heavy atom. The number of aromatic nitrogens is 1. The number of carbonyl (C=O) groups excluding carboxylic acids is 2. The van der Waals surface area contributed by atoms with Crippen molar-refractivity contribution in [2.24, 2.45) is 0 Å². The first kappa shape index (κ1) is 18.7. The smallest absolute Gasteiger partial charge is 0.339 e. The van der Waals surface area contributed by atoms with Crippen molar-refractivity contribution >= 4 is 28.9 Å². The fourth-order valence-electron chi connectivity index (χ4n) is 2.49.